The van der Waals surface area contributed by atoms with Gasteiger partial charge >= 0.3 is 5.97 Å². The maximum absolute atomic E-state index is 11.0. The lowest BCUT2D eigenvalue weighted by Gasteiger charge is -2.40. The van der Waals surface area contributed by atoms with Crippen molar-refractivity contribution in [3.63, 3.8) is 0 Å². The van der Waals surface area contributed by atoms with E-state index in [1.165, 1.54) is 19.6 Å². The fourth-order valence-corrected chi connectivity index (χ4v) is 5.06. The molecule has 0 aliphatic heterocycles. The predicted octanol–water partition coefficient (Wildman–Crippen LogP) is 2.59. The molecule has 0 spiro atoms. The van der Waals surface area contributed by atoms with Gasteiger partial charge in [0.1, 0.15) is 0 Å². The number of rotatable bonds is 4. The Bertz CT molecular complexity index is 364. The maximum Gasteiger partial charge on any atom is 0.330 e. The van der Waals surface area contributed by atoms with Gasteiger partial charge in [0.05, 0.1) is 13.2 Å². The minimum absolute atomic E-state index is 0.0167. The third kappa shape index (κ3) is 1.99. The highest BCUT2D eigenvalue weighted by Crippen LogP contribution is 2.66. The Morgan fingerprint density at radius 3 is 2.78 bits per heavy atom. The lowest BCUT2D eigenvalue weighted by atomic mass is 9.70. The average molecular weight is 270 g/mol. The summed E-state index contributed by atoms with van der Waals surface area (Å²) in [6.45, 7) is 4.57. The molecule has 1 N–H and O–H groups in total. The highest BCUT2D eigenvalue weighted by Gasteiger charge is 2.63. The molecule has 0 aromatic heterocycles. The van der Waals surface area contributed by atoms with Crippen LogP contribution in [0.4, 0.5) is 0 Å². The molecule has 3 atom stereocenters. The van der Waals surface area contributed by atoms with Crippen LogP contribution in [0.3, 0.4) is 0 Å². The zero-order valence-electron chi connectivity index (χ0n) is 11.3. The number of fused-ring (bicyclic) bond motifs is 2. The molecule has 0 heterocycles. The number of ether oxygens (including phenoxy) is 1. The first-order chi connectivity index (χ1) is 8.44. The van der Waals surface area contributed by atoms with Gasteiger partial charge in [0.2, 0.25) is 0 Å². The molecular formula is C14H22O3S. The van der Waals surface area contributed by atoms with Crippen molar-refractivity contribution >= 4 is 17.7 Å². The summed E-state index contributed by atoms with van der Waals surface area (Å²) < 4.78 is 4.56. The van der Waals surface area contributed by atoms with Gasteiger partial charge < -0.3 is 9.84 Å². The molecule has 2 bridgehead atoms. The molecule has 102 valence electrons. The van der Waals surface area contributed by atoms with Gasteiger partial charge in [-0.05, 0) is 36.0 Å². The van der Waals surface area contributed by atoms with Crippen LogP contribution in [0.25, 0.3) is 0 Å². The second kappa shape index (κ2) is 4.89. The Balaban J connectivity index is 1.99. The van der Waals surface area contributed by atoms with E-state index in [4.69, 9.17) is 0 Å². The molecule has 2 aliphatic rings. The highest BCUT2D eigenvalue weighted by molar-refractivity contribution is 8.02. The van der Waals surface area contributed by atoms with Crippen molar-refractivity contribution in [3.8, 4) is 0 Å². The van der Waals surface area contributed by atoms with Gasteiger partial charge in [0.25, 0.3) is 0 Å². The lowest BCUT2D eigenvalue weighted by Crippen LogP contribution is -2.40. The third-order valence-corrected chi connectivity index (χ3v) is 6.24. The SMILES string of the molecule is COC(=O)/C=C\SC[C@]12CC[C@H](C[C@H]1O)C2(C)C. The van der Waals surface area contributed by atoms with E-state index in [1.807, 2.05) is 0 Å². The molecule has 2 fully saturated rings. The fraction of sp³-hybridized carbons (Fsp3) is 0.786. The van der Waals surface area contributed by atoms with Crippen molar-refractivity contribution in [3.05, 3.63) is 11.5 Å². The topological polar surface area (TPSA) is 46.5 Å². The molecule has 3 nitrogen and oxygen atoms in total. The second-order valence-electron chi connectivity index (χ2n) is 6.00. The second-order valence-corrected chi connectivity index (χ2v) is 6.90. The van der Waals surface area contributed by atoms with Crippen LogP contribution < -0.4 is 0 Å². The first-order valence-corrected chi connectivity index (χ1v) is 7.53. The molecule has 4 heteroatoms. The van der Waals surface area contributed by atoms with Crippen LogP contribution in [0.5, 0.6) is 0 Å². The van der Waals surface area contributed by atoms with Gasteiger partial charge in [-0.15, -0.1) is 11.8 Å². The van der Waals surface area contributed by atoms with E-state index < -0.39 is 0 Å². The molecule has 2 aliphatic carbocycles. The number of aliphatic hydroxyl groups is 1. The number of methoxy groups -OCH3 is 1. The van der Waals surface area contributed by atoms with Crippen molar-refractivity contribution in [1.82, 2.24) is 0 Å². The molecule has 0 amide bonds. The molecule has 0 unspecified atom stereocenters. The number of aliphatic hydroxyl groups excluding tert-OH is 1. The quantitative estimate of drug-likeness (QED) is 0.630. The van der Waals surface area contributed by atoms with Crippen LogP contribution in [-0.4, -0.2) is 30.0 Å². The van der Waals surface area contributed by atoms with Crippen LogP contribution in [0.15, 0.2) is 11.5 Å². The minimum atomic E-state index is -0.324. The minimum Gasteiger partial charge on any atom is -0.466 e. The van der Waals surface area contributed by atoms with E-state index in [2.05, 4.69) is 18.6 Å². The third-order valence-electron chi connectivity index (χ3n) is 5.23. The van der Waals surface area contributed by atoms with Gasteiger partial charge in [-0.25, -0.2) is 4.79 Å². The standard InChI is InChI=1S/C14H22O3S/c1-13(2)10-4-6-14(13,11(15)8-10)9-18-7-5-12(16)17-3/h5,7,10-11,15H,4,6,8-9H2,1-3H3/b7-5-/t10-,11-,14-/m1/s1. The number of carbonyl (C=O) groups excluding carboxylic acids is 1. The predicted molar refractivity (Wildman–Crippen MR) is 73.2 cm³/mol. The smallest absolute Gasteiger partial charge is 0.330 e. The normalized spacial score (nSPS) is 37.3. The maximum atomic E-state index is 11.0. The van der Waals surface area contributed by atoms with E-state index in [-0.39, 0.29) is 22.9 Å². The number of thioether (sulfide) groups is 1. The van der Waals surface area contributed by atoms with Gasteiger partial charge in [-0.2, -0.15) is 0 Å². The van der Waals surface area contributed by atoms with E-state index in [0.29, 0.717) is 5.92 Å². The van der Waals surface area contributed by atoms with E-state index in [0.717, 1.165) is 18.6 Å². The Morgan fingerprint density at radius 1 is 1.56 bits per heavy atom. The number of hydrogen-bond acceptors (Lipinski definition) is 4. The van der Waals surface area contributed by atoms with Gasteiger partial charge in [-0.3, -0.25) is 0 Å². The van der Waals surface area contributed by atoms with E-state index in [1.54, 1.807) is 17.2 Å². The van der Waals surface area contributed by atoms with Crippen LogP contribution in [0.1, 0.15) is 33.1 Å². The first-order valence-electron chi connectivity index (χ1n) is 6.48. The monoisotopic (exact) mass is 270 g/mol. The average Bonchev–Trinajstić information content (AvgIpc) is 2.68. The molecule has 0 aromatic rings. The number of hydrogen-bond donors (Lipinski definition) is 1. The van der Waals surface area contributed by atoms with E-state index >= 15 is 0 Å². The summed E-state index contributed by atoms with van der Waals surface area (Å²) in [6.07, 6.45) is 4.53. The fourth-order valence-electron chi connectivity index (χ4n) is 3.75. The van der Waals surface area contributed by atoms with Crippen LogP contribution in [-0.2, 0) is 9.53 Å². The van der Waals surface area contributed by atoms with Crippen molar-refractivity contribution in [2.75, 3.05) is 12.9 Å². The van der Waals surface area contributed by atoms with Crippen LogP contribution in [0, 0.1) is 16.7 Å². The summed E-state index contributed by atoms with van der Waals surface area (Å²) in [7, 11) is 1.38. The van der Waals surface area contributed by atoms with Crippen molar-refractivity contribution in [2.24, 2.45) is 16.7 Å². The molecule has 0 radical (unpaired) electrons. The summed E-state index contributed by atoms with van der Waals surface area (Å²) >= 11 is 1.61. The molecule has 2 rings (SSSR count). The molecular weight excluding hydrogens is 248 g/mol. The summed E-state index contributed by atoms with van der Waals surface area (Å²) in [6, 6.07) is 0. The zero-order chi connectivity index (χ0) is 13.4. The summed E-state index contributed by atoms with van der Waals surface area (Å²) in [5.74, 6) is 1.21. The van der Waals surface area contributed by atoms with Crippen molar-refractivity contribution in [2.45, 2.75) is 39.2 Å². The number of carbonyl (C=O) groups is 1. The molecule has 0 aromatic carbocycles. The first kappa shape index (κ1) is 13.9. The lowest BCUT2D eigenvalue weighted by molar-refractivity contribution is -0.134. The van der Waals surface area contributed by atoms with Gasteiger partial charge in [0, 0.05) is 17.2 Å². The summed E-state index contributed by atoms with van der Waals surface area (Å²) in [5, 5.41) is 12.1. The highest BCUT2D eigenvalue weighted by atomic mass is 32.2. The molecule has 18 heavy (non-hydrogen) atoms. The van der Waals surface area contributed by atoms with E-state index in [9.17, 15) is 9.90 Å². The Hall–Kier alpha value is -0.480. The van der Waals surface area contributed by atoms with Crippen LogP contribution >= 0.6 is 11.8 Å². The van der Waals surface area contributed by atoms with Crippen LogP contribution in [0.2, 0.25) is 0 Å². The number of esters is 1. The Labute approximate surface area is 113 Å². The molecule has 2 saturated carbocycles. The zero-order valence-corrected chi connectivity index (χ0v) is 12.1. The van der Waals surface area contributed by atoms with Gasteiger partial charge in [0.15, 0.2) is 0 Å². The summed E-state index contributed by atoms with van der Waals surface area (Å²) in [4.78, 5) is 11.0. The largest absolute Gasteiger partial charge is 0.466 e. The summed E-state index contributed by atoms with van der Waals surface area (Å²) in [5.41, 5.74) is 0.224. The Kier molecular flexibility index (Phi) is 3.79. The van der Waals surface area contributed by atoms with Crippen molar-refractivity contribution < 1.29 is 14.6 Å². The van der Waals surface area contributed by atoms with Gasteiger partial charge in [-0.1, -0.05) is 13.8 Å². The Morgan fingerprint density at radius 2 is 2.28 bits per heavy atom. The molecule has 0 saturated heterocycles. The van der Waals surface area contributed by atoms with Crippen molar-refractivity contribution in [1.29, 1.82) is 0 Å².